The molecule has 1 aliphatic heterocycles. The monoisotopic (exact) mass is 299 g/mol. The van der Waals surface area contributed by atoms with Gasteiger partial charge in [0.15, 0.2) is 0 Å². The van der Waals surface area contributed by atoms with Gasteiger partial charge in [0.2, 0.25) is 0 Å². The standard InChI is InChI=1S/C16H21N5O/c1-12-7-13(21-11-18-10-19-21)3-4-14(12)15(22)20-6-5-16(2,8-17)9-20/h3-4,7,10-11H,5-6,8-9,17H2,1-2H3. The number of amides is 1. The number of hydrogen-bond donors (Lipinski definition) is 1. The summed E-state index contributed by atoms with van der Waals surface area (Å²) in [6, 6.07) is 5.72. The van der Waals surface area contributed by atoms with Crippen LogP contribution in [0.5, 0.6) is 0 Å². The number of carbonyl (C=O) groups excluding carboxylic acids is 1. The van der Waals surface area contributed by atoms with Gasteiger partial charge >= 0.3 is 0 Å². The first kappa shape index (κ1) is 14.7. The van der Waals surface area contributed by atoms with Gasteiger partial charge < -0.3 is 10.6 Å². The summed E-state index contributed by atoms with van der Waals surface area (Å²) in [5.74, 6) is 0.0832. The van der Waals surface area contributed by atoms with E-state index in [4.69, 9.17) is 5.73 Å². The van der Waals surface area contributed by atoms with Gasteiger partial charge in [-0.05, 0) is 49.1 Å². The molecule has 0 bridgehead atoms. The van der Waals surface area contributed by atoms with Crippen LogP contribution in [-0.4, -0.2) is 45.2 Å². The molecule has 2 heterocycles. The van der Waals surface area contributed by atoms with E-state index in [0.717, 1.165) is 36.3 Å². The molecule has 0 spiro atoms. The van der Waals surface area contributed by atoms with Crippen molar-refractivity contribution in [1.29, 1.82) is 0 Å². The molecule has 6 heteroatoms. The highest BCUT2D eigenvalue weighted by molar-refractivity contribution is 5.96. The number of aromatic nitrogens is 3. The summed E-state index contributed by atoms with van der Waals surface area (Å²) in [4.78, 5) is 18.6. The number of aryl methyl sites for hydroxylation is 1. The lowest BCUT2D eigenvalue weighted by Gasteiger charge is -2.23. The Balaban J connectivity index is 1.82. The number of nitrogens with zero attached hydrogens (tertiary/aromatic N) is 4. The van der Waals surface area contributed by atoms with E-state index in [1.54, 1.807) is 11.0 Å². The predicted octanol–water partition coefficient (Wildman–Crippen LogP) is 1.39. The number of hydrogen-bond acceptors (Lipinski definition) is 4. The third-order valence-electron chi connectivity index (χ3n) is 4.46. The van der Waals surface area contributed by atoms with Crippen LogP contribution in [0.2, 0.25) is 0 Å². The van der Waals surface area contributed by atoms with Crippen molar-refractivity contribution in [2.24, 2.45) is 11.1 Å². The molecule has 1 aromatic carbocycles. The molecule has 6 nitrogen and oxygen atoms in total. The summed E-state index contributed by atoms with van der Waals surface area (Å²) >= 11 is 0. The van der Waals surface area contributed by atoms with Crippen molar-refractivity contribution in [2.45, 2.75) is 20.3 Å². The second-order valence-electron chi connectivity index (χ2n) is 6.33. The normalized spacial score (nSPS) is 21.3. The van der Waals surface area contributed by atoms with E-state index in [1.807, 2.05) is 30.0 Å². The van der Waals surface area contributed by atoms with Gasteiger partial charge in [0.1, 0.15) is 12.7 Å². The van der Waals surface area contributed by atoms with Crippen molar-refractivity contribution < 1.29 is 4.79 Å². The third-order valence-corrected chi connectivity index (χ3v) is 4.46. The smallest absolute Gasteiger partial charge is 0.254 e. The number of likely N-dealkylation sites (tertiary alicyclic amines) is 1. The van der Waals surface area contributed by atoms with Gasteiger partial charge in [-0.25, -0.2) is 9.67 Å². The molecule has 3 rings (SSSR count). The topological polar surface area (TPSA) is 77.0 Å². The van der Waals surface area contributed by atoms with E-state index >= 15 is 0 Å². The van der Waals surface area contributed by atoms with E-state index in [2.05, 4.69) is 17.0 Å². The van der Waals surface area contributed by atoms with Crippen LogP contribution >= 0.6 is 0 Å². The fourth-order valence-corrected chi connectivity index (χ4v) is 2.91. The Morgan fingerprint density at radius 1 is 1.45 bits per heavy atom. The van der Waals surface area contributed by atoms with Gasteiger partial charge in [-0.2, -0.15) is 5.10 Å². The molecule has 2 N–H and O–H groups in total. The summed E-state index contributed by atoms with van der Waals surface area (Å²) in [6.07, 6.45) is 4.10. The average Bonchev–Trinajstić information content (AvgIpc) is 3.17. The van der Waals surface area contributed by atoms with Gasteiger partial charge in [-0.1, -0.05) is 6.92 Å². The Kier molecular flexibility index (Phi) is 3.70. The molecule has 1 aliphatic rings. The molecule has 1 atom stereocenters. The Bertz CT molecular complexity index is 682. The lowest BCUT2D eigenvalue weighted by Crippen LogP contribution is -2.34. The molecular formula is C16H21N5O. The SMILES string of the molecule is Cc1cc(-n2cncn2)ccc1C(=O)N1CCC(C)(CN)C1. The Morgan fingerprint density at radius 3 is 2.86 bits per heavy atom. The maximum absolute atomic E-state index is 12.7. The zero-order chi connectivity index (χ0) is 15.7. The van der Waals surface area contributed by atoms with Gasteiger partial charge in [0, 0.05) is 18.7 Å². The minimum absolute atomic E-state index is 0.0459. The minimum Gasteiger partial charge on any atom is -0.338 e. The van der Waals surface area contributed by atoms with Crippen molar-refractivity contribution in [3.05, 3.63) is 42.0 Å². The summed E-state index contributed by atoms with van der Waals surface area (Å²) < 4.78 is 1.68. The van der Waals surface area contributed by atoms with Crippen LogP contribution in [0.25, 0.3) is 5.69 Å². The van der Waals surface area contributed by atoms with E-state index < -0.39 is 0 Å². The first-order chi connectivity index (χ1) is 10.5. The fourth-order valence-electron chi connectivity index (χ4n) is 2.91. The van der Waals surface area contributed by atoms with E-state index in [-0.39, 0.29) is 11.3 Å². The molecule has 1 amide bonds. The van der Waals surface area contributed by atoms with Gasteiger partial charge in [-0.3, -0.25) is 4.79 Å². The summed E-state index contributed by atoms with van der Waals surface area (Å²) in [6.45, 7) is 6.21. The van der Waals surface area contributed by atoms with Gasteiger partial charge in [0.25, 0.3) is 5.91 Å². The van der Waals surface area contributed by atoms with Crippen LogP contribution in [0.4, 0.5) is 0 Å². The predicted molar refractivity (Wildman–Crippen MR) is 83.8 cm³/mol. The molecule has 1 fully saturated rings. The molecular weight excluding hydrogens is 278 g/mol. The number of rotatable bonds is 3. The van der Waals surface area contributed by atoms with Crippen LogP contribution < -0.4 is 5.73 Å². The van der Waals surface area contributed by atoms with Crippen molar-refractivity contribution in [3.63, 3.8) is 0 Å². The molecule has 22 heavy (non-hydrogen) atoms. The largest absolute Gasteiger partial charge is 0.338 e. The maximum atomic E-state index is 12.7. The molecule has 0 aliphatic carbocycles. The lowest BCUT2D eigenvalue weighted by molar-refractivity contribution is 0.0776. The maximum Gasteiger partial charge on any atom is 0.254 e. The average molecular weight is 299 g/mol. The molecule has 1 unspecified atom stereocenters. The number of benzene rings is 1. The first-order valence-corrected chi connectivity index (χ1v) is 7.47. The van der Waals surface area contributed by atoms with Crippen LogP contribution in [0.15, 0.2) is 30.9 Å². The van der Waals surface area contributed by atoms with Crippen molar-refractivity contribution in [3.8, 4) is 5.69 Å². The molecule has 0 saturated carbocycles. The van der Waals surface area contributed by atoms with E-state index in [0.29, 0.717) is 6.54 Å². The molecule has 0 radical (unpaired) electrons. The van der Waals surface area contributed by atoms with E-state index in [9.17, 15) is 4.79 Å². The zero-order valence-corrected chi connectivity index (χ0v) is 13.0. The Hall–Kier alpha value is -2.21. The third kappa shape index (κ3) is 2.62. The highest BCUT2D eigenvalue weighted by Gasteiger charge is 2.35. The number of carbonyl (C=O) groups is 1. The molecule has 1 aromatic heterocycles. The quantitative estimate of drug-likeness (QED) is 0.929. The van der Waals surface area contributed by atoms with Crippen LogP contribution in [0.1, 0.15) is 29.3 Å². The highest BCUT2D eigenvalue weighted by atomic mass is 16.2. The lowest BCUT2D eigenvalue weighted by atomic mass is 9.90. The first-order valence-electron chi connectivity index (χ1n) is 7.47. The van der Waals surface area contributed by atoms with Crippen LogP contribution in [0.3, 0.4) is 0 Å². The second-order valence-corrected chi connectivity index (χ2v) is 6.33. The summed E-state index contributed by atoms with van der Waals surface area (Å²) in [5, 5.41) is 4.11. The van der Waals surface area contributed by atoms with Crippen LogP contribution in [-0.2, 0) is 0 Å². The molecule has 1 saturated heterocycles. The minimum atomic E-state index is 0.0459. The summed E-state index contributed by atoms with van der Waals surface area (Å²) in [5.41, 5.74) is 8.45. The van der Waals surface area contributed by atoms with Crippen molar-refractivity contribution in [1.82, 2.24) is 19.7 Å². The summed E-state index contributed by atoms with van der Waals surface area (Å²) in [7, 11) is 0. The fraction of sp³-hybridized carbons (Fsp3) is 0.438. The van der Waals surface area contributed by atoms with Gasteiger partial charge in [-0.15, -0.1) is 0 Å². The van der Waals surface area contributed by atoms with Crippen LogP contribution in [0, 0.1) is 12.3 Å². The highest BCUT2D eigenvalue weighted by Crippen LogP contribution is 2.30. The molecule has 116 valence electrons. The Labute approximate surface area is 129 Å². The Morgan fingerprint density at radius 2 is 2.27 bits per heavy atom. The van der Waals surface area contributed by atoms with E-state index in [1.165, 1.54) is 6.33 Å². The van der Waals surface area contributed by atoms with Crippen molar-refractivity contribution in [2.75, 3.05) is 19.6 Å². The molecule has 2 aromatic rings. The zero-order valence-electron chi connectivity index (χ0n) is 13.0. The van der Waals surface area contributed by atoms with Crippen molar-refractivity contribution >= 4 is 5.91 Å². The second kappa shape index (κ2) is 5.53. The van der Waals surface area contributed by atoms with Gasteiger partial charge in [0.05, 0.1) is 5.69 Å². The number of nitrogens with two attached hydrogens (primary N) is 1.